The Bertz CT molecular complexity index is 438. The van der Waals surface area contributed by atoms with E-state index in [4.69, 9.17) is 5.11 Å². The summed E-state index contributed by atoms with van der Waals surface area (Å²) in [6.45, 7) is 4.97. The van der Waals surface area contributed by atoms with Crippen molar-refractivity contribution in [2.45, 2.75) is 64.0 Å². The van der Waals surface area contributed by atoms with Crippen LogP contribution in [0.25, 0.3) is 0 Å². The van der Waals surface area contributed by atoms with E-state index in [1.54, 1.807) is 6.92 Å². The van der Waals surface area contributed by atoms with E-state index in [0.29, 0.717) is 24.3 Å². The van der Waals surface area contributed by atoms with Crippen molar-refractivity contribution in [2.24, 2.45) is 11.8 Å². The Kier molecular flexibility index (Phi) is 4.71. The quantitative estimate of drug-likeness (QED) is 0.862. The predicted molar refractivity (Wildman–Crippen MR) is 83.5 cm³/mol. The summed E-state index contributed by atoms with van der Waals surface area (Å²) in [6, 6.07) is 0.881. The largest absolute Gasteiger partial charge is 0.481 e. The highest BCUT2D eigenvalue weighted by Gasteiger charge is 2.48. The molecule has 1 amide bonds. The van der Waals surface area contributed by atoms with Gasteiger partial charge in [-0.05, 0) is 63.5 Å². The number of piperidine rings is 3. The molecule has 0 aliphatic carbocycles. The topological polar surface area (TPSA) is 60.9 Å². The van der Waals surface area contributed by atoms with E-state index in [0.717, 1.165) is 13.0 Å². The van der Waals surface area contributed by atoms with E-state index in [1.807, 2.05) is 0 Å². The average Bonchev–Trinajstić information content (AvgIpc) is 2.49. The number of carbonyl (C=O) groups is 2. The lowest BCUT2D eigenvalue weighted by molar-refractivity contribution is -0.144. The summed E-state index contributed by atoms with van der Waals surface area (Å²) in [5, 5.41) is 8.89. The number of hydrogen-bond donors (Lipinski definition) is 1. The third kappa shape index (κ3) is 3.00. The number of rotatable bonds is 4. The van der Waals surface area contributed by atoms with E-state index in [2.05, 4.69) is 9.80 Å². The molecular formula is C17H28N2O3. The maximum atomic E-state index is 12.1. The number of nitrogens with zero attached hydrogens (tertiary/aromatic N) is 2. The van der Waals surface area contributed by atoms with Gasteiger partial charge in [0.15, 0.2) is 0 Å². The minimum absolute atomic E-state index is 0.168. The normalized spacial score (nSPS) is 35.0. The summed E-state index contributed by atoms with van der Waals surface area (Å²) in [6.07, 6.45) is 6.64. The first-order valence-electron chi connectivity index (χ1n) is 8.81. The molecule has 0 aromatic rings. The summed E-state index contributed by atoms with van der Waals surface area (Å²) in [7, 11) is 0. The molecule has 0 spiro atoms. The number of aliphatic carboxylic acids is 1. The van der Waals surface area contributed by atoms with Gasteiger partial charge in [0.05, 0.1) is 0 Å². The van der Waals surface area contributed by atoms with Gasteiger partial charge in [-0.2, -0.15) is 0 Å². The molecule has 124 valence electrons. The van der Waals surface area contributed by atoms with Gasteiger partial charge in [-0.3, -0.25) is 14.5 Å². The summed E-state index contributed by atoms with van der Waals surface area (Å²) in [4.78, 5) is 27.7. The zero-order chi connectivity index (χ0) is 15.7. The van der Waals surface area contributed by atoms with Gasteiger partial charge in [-0.1, -0.05) is 0 Å². The molecule has 22 heavy (non-hydrogen) atoms. The molecule has 0 saturated carbocycles. The summed E-state index contributed by atoms with van der Waals surface area (Å²) in [5.74, 6) is 0.608. The SMILES string of the molecule is CC(=O)N1C[C@@H]2CCCN3CCC[C@@H]([C@H]23)[C@H]1CCCC(=O)O. The van der Waals surface area contributed by atoms with Crippen LogP contribution in [0.15, 0.2) is 0 Å². The van der Waals surface area contributed by atoms with Gasteiger partial charge in [-0.25, -0.2) is 0 Å². The van der Waals surface area contributed by atoms with Gasteiger partial charge in [0, 0.05) is 32.0 Å². The number of carboxylic acids is 1. The van der Waals surface area contributed by atoms with Gasteiger partial charge in [0.1, 0.15) is 0 Å². The highest BCUT2D eigenvalue weighted by molar-refractivity contribution is 5.74. The van der Waals surface area contributed by atoms with Gasteiger partial charge in [0.25, 0.3) is 0 Å². The van der Waals surface area contributed by atoms with Crippen LogP contribution >= 0.6 is 0 Å². The Morgan fingerprint density at radius 3 is 2.59 bits per heavy atom. The smallest absolute Gasteiger partial charge is 0.303 e. The fourth-order valence-corrected chi connectivity index (χ4v) is 5.19. The van der Waals surface area contributed by atoms with Crippen LogP contribution in [-0.2, 0) is 9.59 Å². The van der Waals surface area contributed by atoms with E-state index < -0.39 is 5.97 Å². The highest BCUT2D eigenvalue weighted by Crippen LogP contribution is 2.43. The molecule has 0 radical (unpaired) electrons. The van der Waals surface area contributed by atoms with E-state index in [9.17, 15) is 9.59 Å². The maximum absolute atomic E-state index is 12.1. The number of hydrogen-bond acceptors (Lipinski definition) is 3. The van der Waals surface area contributed by atoms with E-state index >= 15 is 0 Å². The average molecular weight is 308 g/mol. The summed E-state index contributed by atoms with van der Waals surface area (Å²) in [5.41, 5.74) is 0. The highest BCUT2D eigenvalue weighted by atomic mass is 16.4. The zero-order valence-electron chi connectivity index (χ0n) is 13.5. The Morgan fingerprint density at radius 1 is 1.18 bits per heavy atom. The van der Waals surface area contributed by atoms with Crippen LogP contribution in [0.1, 0.15) is 51.9 Å². The van der Waals surface area contributed by atoms with Gasteiger partial charge in [-0.15, -0.1) is 0 Å². The minimum Gasteiger partial charge on any atom is -0.481 e. The van der Waals surface area contributed by atoms with Crippen molar-refractivity contribution in [3.05, 3.63) is 0 Å². The molecule has 5 heteroatoms. The molecule has 0 aromatic heterocycles. The van der Waals surface area contributed by atoms with Crippen molar-refractivity contribution in [2.75, 3.05) is 19.6 Å². The number of likely N-dealkylation sites (tertiary alicyclic amines) is 1. The van der Waals surface area contributed by atoms with Gasteiger partial charge in [0.2, 0.25) is 5.91 Å². The van der Waals surface area contributed by atoms with Crippen LogP contribution in [-0.4, -0.2) is 58.5 Å². The number of carboxylic acid groups (broad SMARTS) is 1. The number of carbonyl (C=O) groups excluding carboxylic acids is 1. The second-order valence-electron chi connectivity index (χ2n) is 7.26. The molecule has 5 nitrogen and oxygen atoms in total. The monoisotopic (exact) mass is 308 g/mol. The van der Waals surface area contributed by atoms with Crippen LogP contribution in [0.5, 0.6) is 0 Å². The van der Waals surface area contributed by atoms with Crippen molar-refractivity contribution in [1.29, 1.82) is 0 Å². The fraction of sp³-hybridized carbons (Fsp3) is 0.882. The Hall–Kier alpha value is -1.10. The van der Waals surface area contributed by atoms with Crippen LogP contribution < -0.4 is 0 Å². The van der Waals surface area contributed by atoms with Gasteiger partial charge < -0.3 is 10.0 Å². The molecule has 0 bridgehead atoms. The second-order valence-corrected chi connectivity index (χ2v) is 7.26. The standard InChI is InChI=1S/C17H28N2O3/c1-12(20)19-11-13-5-3-9-18-10-4-6-14(17(13)18)15(19)7-2-8-16(21)22/h13-15,17H,2-11H2,1H3,(H,21,22)/t13-,14+,15+,17-/m0/s1. The van der Waals surface area contributed by atoms with Crippen LogP contribution in [0, 0.1) is 11.8 Å². The summed E-state index contributed by atoms with van der Waals surface area (Å²) < 4.78 is 0. The molecule has 3 rings (SSSR count). The van der Waals surface area contributed by atoms with Crippen LogP contribution in [0.4, 0.5) is 0 Å². The Labute approximate surface area is 132 Å². The predicted octanol–water partition coefficient (Wildman–Crippen LogP) is 1.96. The molecule has 1 N–H and O–H groups in total. The third-order valence-electron chi connectivity index (χ3n) is 5.97. The zero-order valence-corrected chi connectivity index (χ0v) is 13.5. The molecule has 3 aliphatic heterocycles. The van der Waals surface area contributed by atoms with Crippen molar-refractivity contribution in [1.82, 2.24) is 9.80 Å². The van der Waals surface area contributed by atoms with Crippen molar-refractivity contribution in [3.63, 3.8) is 0 Å². The molecule has 3 aliphatic rings. The molecule has 3 saturated heterocycles. The van der Waals surface area contributed by atoms with Crippen molar-refractivity contribution in [3.8, 4) is 0 Å². The molecule has 0 unspecified atom stereocenters. The summed E-state index contributed by atoms with van der Waals surface area (Å²) >= 11 is 0. The first kappa shape index (κ1) is 15.8. The Morgan fingerprint density at radius 2 is 1.91 bits per heavy atom. The van der Waals surface area contributed by atoms with E-state index in [-0.39, 0.29) is 18.4 Å². The van der Waals surface area contributed by atoms with Crippen LogP contribution in [0.2, 0.25) is 0 Å². The van der Waals surface area contributed by atoms with E-state index in [1.165, 1.54) is 38.8 Å². The first-order chi connectivity index (χ1) is 10.6. The first-order valence-corrected chi connectivity index (χ1v) is 8.81. The fourth-order valence-electron chi connectivity index (χ4n) is 5.19. The molecule has 4 atom stereocenters. The molecule has 3 heterocycles. The molecular weight excluding hydrogens is 280 g/mol. The lowest BCUT2D eigenvalue weighted by Gasteiger charge is -2.57. The molecule has 0 aromatic carbocycles. The number of amides is 1. The molecule has 3 fully saturated rings. The lowest BCUT2D eigenvalue weighted by Crippen LogP contribution is -2.65. The minimum atomic E-state index is -0.731. The lowest BCUT2D eigenvalue weighted by atomic mass is 9.69. The third-order valence-corrected chi connectivity index (χ3v) is 5.97. The van der Waals surface area contributed by atoms with Crippen LogP contribution in [0.3, 0.4) is 0 Å². The van der Waals surface area contributed by atoms with Crippen molar-refractivity contribution >= 4 is 11.9 Å². The van der Waals surface area contributed by atoms with Crippen molar-refractivity contribution < 1.29 is 14.7 Å². The maximum Gasteiger partial charge on any atom is 0.303 e. The Balaban J connectivity index is 1.77. The second kappa shape index (κ2) is 6.57. The van der Waals surface area contributed by atoms with Gasteiger partial charge >= 0.3 is 5.97 Å².